The first-order valence-electron chi connectivity index (χ1n) is 7.37. The Labute approximate surface area is 126 Å². The standard InChI is InChI=1S/C13H25N5O2S/c1-10(9-18-6-4-5-7-18)17-21(19,20)13-11(2)15-16-12(13)8-14-3/h10,14,17H,4-9H2,1-3H3,(H,15,16). The summed E-state index contributed by atoms with van der Waals surface area (Å²) in [6.07, 6.45) is 2.40. The van der Waals surface area contributed by atoms with E-state index in [1.807, 2.05) is 6.92 Å². The monoisotopic (exact) mass is 315 g/mol. The minimum atomic E-state index is -3.55. The van der Waals surface area contributed by atoms with Crippen LogP contribution in [0.15, 0.2) is 4.90 Å². The minimum Gasteiger partial charge on any atom is -0.314 e. The number of rotatable bonds is 7. The number of aromatic nitrogens is 2. The van der Waals surface area contributed by atoms with Crippen molar-refractivity contribution in [1.29, 1.82) is 0 Å². The molecule has 1 unspecified atom stereocenters. The summed E-state index contributed by atoms with van der Waals surface area (Å²) in [5.74, 6) is 0. The molecule has 0 saturated carbocycles. The van der Waals surface area contributed by atoms with Crippen molar-refractivity contribution in [2.45, 2.75) is 44.2 Å². The summed E-state index contributed by atoms with van der Waals surface area (Å²) in [5.41, 5.74) is 1.09. The highest BCUT2D eigenvalue weighted by Crippen LogP contribution is 2.18. The van der Waals surface area contributed by atoms with Crippen molar-refractivity contribution in [3.63, 3.8) is 0 Å². The maximum absolute atomic E-state index is 12.6. The molecule has 120 valence electrons. The fourth-order valence-corrected chi connectivity index (χ4v) is 4.43. The molecule has 7 nitrogen and oxygen atoms in total. The number of nitrogens with one attached hydrogen (secondary N) is 3. The van der Waals surface area contributed by atoms with Gasteiger partial charge in [-0.3, -0.25) is 5.10 Å². The van der Waals surface area contributed by atoms with Gasteiger partial charge < -0.3 is 10.2 Å². The fourth-order valence-electron chi connectivity index (χ4n) is 2.83. The Balaban J connectivity index is 2.08. The van der Waals surface area contributed by atoms with Gasteiger partial charge in [0, 0.05) is 19.1 Å². The second-order valence-corrected chi connectivity index (χ2v) is 7.34. The number of hydrogen-bond donors (Lipinski definition) is 3. The number of sulfonamides is 1. The van der Waals surface area contributed by atoms with Crippen molar-refractivity contribution in [3.8, 4) is 0 Å². The molecule has 21 heavy (non-hydrogen) atoms. The molecule has 1 fully saturated rings. The third-order valence-corrected chi connectivity index (χ3v) is 5.45. The predicted molar refractivity (Wildman–Crippen MR) is 81.5 cm³/mol. The van der Waals surface area contributed by atoms with E-state index in [1.54, 1.807) is 14.0 Å². The molecule has 1 atom stereocenters. The van der Waals surface area contributed by atoms with Crippen LogP contribution < -0.4 is 10.0 Å². The van der Waals surface area contributed by atoms with E-state index >= 15 is 0 Å². The minimum absolute atomic E-state index is 0.121. The van der Waals surface area contributed by atoms with Crippen LogP contribution in [0.5, 0.6) is 0 Å². The van der Waals surface area contributed by atoms with Crippen LogP contribution >= 0.6 is 0 Å². The molecule has 3 N–H and O–H groups in total. The molecule has 0 aliphatic carbocycles. The van der Waals surface area contributed by atoms with E-state index in [9.17, 15) is 8.42 Å². The smallest absolute Gasteiger partial charge is 0.244 e. The number of H-pyrrole nitrogens is 1. The van der Waals surface area contributed by atoms with Gasteiger partial charge in [-0.1, -0.05) is 0 Å². The number of hydrogen-bond acceptors (Lipinski definition) is 5. The molecular formula is C13H25N5O2S. The molecule has 0 amide bonds. The van der Waals surface area contributed by atoms with Crippen LogP contribution in [0.4, 0.5) is 0 Å². The number of aromatic amines is 1. The second-order valence-electron chi connectivity index (χ2n) is 5.68. The average molecular weight is 315 g/mol. The zero-order valence-electron chi connectivity index (χ0n) is 12.9. The molecule has 0 bridgehead atoms. The molecule has 1 aromatic rings. The van der Waals surface area contributed by atoms with E-state index in [4.69, 9.17) is 0 Å². The Hall–Kier alpha value is -0.960. The SMILES string of the molecule is CNCc1n[nH]c(C)c1S(=O)(=O)NC(C)CN1CCCC1. The van der Waals surface area contributed by atoms with Crippen LogP contribution in [0.3, 0.4) is 0 Å². The quantitative estimate of drug-likeness (QED) is 0.669. The Morgan fingerprint density at radius 3 is 2.67 bits per heavy atom. The van der Waals surface area contributed by atoms with Crippen LogP contribution in [0.2, 0.25) is 0 Å². The van der Waals surface area contributed by atoms with Gasteiger partial charge in [-0.2, -0.15) is 5.10 Å². The molecule has 0 radical (unpaired) electrons. The van der Waals surface area contributed by atoms with E-state index in [-0.39, 0.29) is 10.9 Å². The Morgan fingerprint density at radius 2 is 2.05 bits per heavy atom. The van der Waals surface area contributed by atoms with Gasteiger partial charge in [0.2, 0.25) is 10.0 Å². The summed E-state index contributed by atoms with van der Waals surface area (Å²) >= 11 is 0. The molecule has 8 heteroatoms. The topological polar surface area (TPSA) is 90.1 Å². The molecule has 1 aromatic heterocycles. The van der Waals surface area contributed by atoms with Crippen molar-refractivity contribution in [2.24, 2.45) is 0 Å². The number of aryl methyl sites for hydroxylation is 1. The summed E-state index contributed by atoms with van der Waals surface area (Å²) in [7, 11) is -1.78. The fraction of sp³-hybridized carbons (Fsp3) is 0.769. The molecule has 2 heterocycles. The van der Waals surface area contributed by atoms with Gasteiger partial charge in [0.15, 0.2) is 0 Å². The van der Waals surface area contributed by atoms with Gasteiger partial charge in [-0.05, 0) is 46.8 Å². The Morgan fingerprint density at radius 1 is 1.38 bits per heavy atom. The van der Waals surface area contributed by atoms with Gasteiger partial charge in [0.1, 0.15) is 4.90 Å². The van der Waals surface area contributed by atoms with Crippen molar-refractivity contribution in [2.75, 3.05) is 26.7 Å². The van der Waals surface area contributed by atoms with Crippen molar-refractivity contribution in [3.05, 3.63) is 11.4 Å². The summed E-state index contributed by atoms with van der Waals surface area (Å²) in [6.45, 7) is 6.91. The van der Waals surface area contributed by atoms with Crippen LogP contribution in [0.25, 0.3) is 0 Å². The number of nitrogens with zero attached hydrogens (tertiary/aromatic N) is 2. The highest BCUT2D eigenvalue weighted by atomic mass is 32.2. The van der Waals surface area contributed by atoms with Gasteiger partial charge >= 0.3 is 0 Å². The zero-order valence-corrected chi connectivity index (χ0v) is 13.8. The molecule has 1 saturated heterocycles. The molecule has 2 rings (SSSR count). The third kappa shape index (κ3) is 4.03. The van der Waals surface area contributed by atoms with Gasteiger partial charge in [-0.25, -0.2) is 13.1 Å². The predicted octanol–water partition coefficient (Wildman–Crippen LogP) is 0.200. The highest BCUT2D eigenvalue weighted by Gasteiger charge is 2.26. The van der Waals surface area contributed by atoms with Crippen LogP contribution in [-0.4, -0.2) is 56.2 Å². The largest absolute Gasteiger partial charge is 0.314 e. The summed E-state index contributed by atoms with van der Waals surface area (Å²) in [5, 5.41) is 9.76. The lowest BCUT2D eigenvalue weighted by molar-refractivity contribution is 0.312. The first kappa shape index (κ1) is 16.4. The van der Waals surface area contributed by atoms with Crippen LogP contribution in [0, 0.1) is 6.92 Å². The summed E-state index contributed by atoms with van der Waals surface area (Å²) < 4.78 is 27.9. The van der Waals surface area contributed by atoms with E-state index in [0.717, 1.165) is 19.6 Å². The average Bonchev–Trinajstić information content (AvgIpc) is 2.99. The normalized spacial score (nSPS) is 18.2. The lowest BCUT2D eigenvalue weighted by Crippen LogP contribution is -2.41. The summed E-state index contributed by atoms with van der Waals surface area (Å²) in [6, 6.07) is -0.121. The van der Waals surface area contributed by atoms with E-state index < -0.39 is 10.0 Å². The van der Waals surface area contributed by atoms with Crippen molar-refractivity contribution < 1.29 is 8.42 Å². The lowest BCUT2D eigenvalue weighted by Gasteiger charge is -2.21. The first-order chi connectivity index (χ1) is 9.94. The zero-order chi connectivity index (χ0) is 15.5. The van der Waals surface area contributed by atoms with Gasteiger partial charge in [0.25, 0.3) is 0 Å². The van der Waals surface area contributed by atoms with E-state index in [0.29, 0.717) is 17.9 Å². The number of likely N-dealkylation sites (tertiary alicyclic amines) is 1. The van der Waals surface area contributed by atoms with Crippen molar-refractivity contribution >= 4 is 10.0 Å². The van der Waals surface area contributed by atoms with E-state index in [2.05, 4.69) is 25.1 Å². The Kier molecular flexibility index (Phi) is 5.37. The maximum Gasteiger partial charge on any atom is 0.244 e. The second kappa shape index (κ2) is 6.87. The van der Waals surface area contributed by atoms with Crippen LogP contribution in [0.1, 0.15) is 31.2 Å². The molecular weight excluding hydrogens is 290 g/mol. The van der Waals surface area contributed by atoms with E-state index in [1.165, 1.54) is 12.8 Å². The van der Waals surface area contributed by atoms with Crippen molar-refractivity contribution in [1.82, 2.24) is 25.1 Å². The van der Waals surface area contributed by atoms with Crippen LogP contribution in [-0.2, 0) is 16.6 Å². The first-order valence-corrected chi connectivity index (χ1v) is 8.85. The van der Waals surface area contributed by atoms with Gasteiger partial charge in [0.05, 0.1) is 11.4 Å². The molecule has 1 aliphatic rings. The van der Waals surface area contributed by atoms with Gasteiger partial charge in [-0.15, -0.1) is 0 Å². The third-order valence-electron chi connectivity index (χ3n) is 3.66. The molecule has 0 spiro atoms. The lowest BCUT2D eigenvalue weighted by atomic mass is 10.3. The Bertz CT molecular complexity index is 563. The molecule has 0 aromatic carbocycles. The highest BCUT2D eigenvalue weighted by molar-refractivity contribution is 7.89. The molecule has 1 aliphatic heterocycles. The summed E-state index contributed by atoms with van der Waals surface area (Å²) in [4.78, 5) is 2.56. The maximum atomic E-state index is 12.6.